The first-order valence-corrected chi connectivity index (χ1v) is 11.3. The number of carboxylic acid groups (broad SMARTS) is 1. The summed E-state index contributed by atoms with van der Waals surface area (Å²) >= 11 is 4.49. The van der Waals surface area contributed by atoms with Gasteiger partial charge >= 0.3 is 0 Å². The molecule has 2 rings (SSSR count). The number of carbonyl (C=O) groups is 2. The van der Waals surface area contributed by atoms with Crippen LogP contribution in [0.2, 0.25) is 0 Å². The maximum absolute atomic E-state index is 11.6. The lowest BCUT2D eigenvalue weighted by Crippen LogP contribution is -2.21. The lowest BCUT2D eigenvalue weighted by molar-refractivity contribution is -0.305. The van der Waals surface area contributed by atoms with Gasteiger partial charge in [0, 0.05) is 17.5 Å². The molecule has 0 fully saturated rings. The Morgan fingerprint density at radius 3 is 2.56 bits per heavy atom. The van der Waals surface area contributed by atoms with Crippen LogP contribution in [0.3, 0.4) is 0 Å². The number of thioether (sulfide) groups is 2. The first kappa shape index (κ1) is 21.7. The van der Waals surface area contributed by atoms with Crippen LogP contribution >= 0.6 is 34.9 Å². The smallest absolute Gasteiger partial charge is 0.175 e. The van der Waals surface area contributed by atoms with Gasteiger partial charge in [-0.1, -0.05) is 54.3 Å². The van der Waals surface area contributed by atoms with E-state index in [2.05, 4.69) is 10.2 Å². The largest absolute Gasteiger partial charge is 0.550 e. The van der Waals surface area contributed by atoms with Crippen molar-refractivity contribution < 1.29 is 19.8 Å². The minimum atomic E-state index is -1.04. The molecule has 0 atom stereocenters. The summed E-state index contributed by atoms with van der Waals surface area (Å²) < 4.78 is 1.62. The zero-order chi connectivity index (χ0) is 19.8. The van der Waals surface area contributed by atoms with E-state index in [1.807, 2.05) is 13.0 Å². The highest BCUT2D eigenvalue weighted by molar-refractivity contribution is 8.02. The minimum absolute atomic E-state index is 0.0490. The fraction of sp³-hybridized carbons (Fsp3) is 0.444. The number of ketones is 1. The number of nitrogens with zero attached hydrogens (tertiary/aromatic N) is 2. The number of aromatic nitrogens is 2. The molecule has 1 N–H and O–H groups in total. The van der Waals surface area contributed by atoms with Crippen molar-refractivity contribution in [2.75, 3.05) is 5.75 Å². The molecule has 0 saturated heterocycles. The van der Waals surface area contributed by atoms with Crippen LogP contribution in [0.25, 0.3) is 0 Å². The van der Waals surface area contributed by atoms with Crippen molar-refractivity contribution in [3.8, 4) is 5.75 Å². The number of Topliss-reactive ketones (excluding diaryl/α,β-unsaturated/α-hetero) is 1. The van der Waals surface area contributed by atoms with E-state index in [1.165, 1.54) is 41.8 Å². The molecule has 1 aromatic heterocycles. The number of carbonyl (C=O) groups excluding carboxylic acids is 2. The van der Waals surface area contributed by atoms with Gasteiger partial charge in [-0.05, 0) is 43.4 Å². The number of phenolic OH excluding ortho intramolecular Hbond substituents is 1. The minimum Gasteiger partial charge on any atom is -0.550 e. The molecule has 27 heavy (non-hydrogen) atoms. The summed E-state index contributed by atoms with van der Waals surface area (Å²) in [5.41, 5.74) is 2.17. The highest BCUT2D eigenvalue weighted by atomic mass is 32.2. The molecule has 1 aromatic carbocycles. The Bertz CT molecular complexity index is 808. The van der Waals surface area contributed by atoms with Crippen molar-refractivity contribution in [1.82, 2.24) is 10.2 Å². The van der Waals surface area contributed by atoms with E-state index < -0.39 is 5.97 Å². The van der Waals surface area contributed by atoms with Crippen LogP contribution in [-0.4, -0.2) is 32.8 Å². The van der Waals surface area contributed by atoms with E-state index in [4.69, 9.17) is 0 Å². The average molecular weight is 426 g/mol. The zero-order valence-electron chi connectivity index (χ0n) is 15.2. The van der Waals surface area contributed by atoms with Crippen molar-refractivity contribution in [2.45, 2.75) is 54.0 Å². The Kier molecular flexibility index (Phi) is 8.59. The second-order valence-electron chi connectivity index (χ2n) is 5.85. The molecular formula is C18H21N2O4S3-. The lowest BCUT2D eigenvalue weighted by atomic mass is 9.98. The number of aliphatic carboxylic acids is 1. The van der Waals surface area contributed by atoms with Gasteiger partial charge in [-0.25, -0.2) is 0 Å². The maximum Gasteiger partial charge on any atom is 0.175 e. The zero-order valence-corrected chi connectivity index (χ0v) is 17.6. The van der Waals surface area contributed by atoms with E-state index in [0.29, 0.717) is 29.9 Å². The SMILES string of the molecule is CCCc1c(CSc2nnc(SCCCC(=O)[O-])s2)ccc(C(C)=O)c1O. The predicted octanol–water partition coefficient (Wildman–Crippen LogP) is 3.31. The quantitative estimate of drug-likeness (QED) is 0.332. The van der Waals surface area contributed by atoms with Gasteiger partial charge in [-0.2, -0.15) is 0 Å². The van der Waals surface area contributed by atoms with Crippen LogP contribution in [0.4, 0.5) is 0 Å². The first-order chi connectivity index (χ1) is 12.9. The van der Waals surface area contributed by atoms with Gasteiger partial charge in [0.1, 0.15) is 5.75 Å². The van der Waals surface area contributed by atoms with E-state index in [9.17, 15) is 19.8 Å². The van der Waals surface area contributed by atoms with Gasteiger partial charge in [0.05, 0.1) is 5.56 Å². The molecular weight excluding hydrogens is 404 g/mol. The van der Waals surface area contributed by atoms with Crippen molar-refractivity contribution in [2.24, 2.45) is 0 Å². The molecule has 0 unspecified atom stereocenters. The normalized spacial score (nSPS) is 10.9. The maximum atomic E-state index is 11.6. The Morgan fingerprint density at radius 2 is 1.93 bits per heavy atom. The average Bonchev–Trinajstić information content (AvgIpc) is 3.06. The molecule has 0 spiro atoms. The molecule has 2 aromatic rings. The summed E-state index contributed by atoms with van der Waals surface area (Å²) in [6, 6.07) is 3.57. The summed E-state index contributed by atoms with van der Waals surface area (Å²) in [6.07, 6.45) is 2.17. The Morgan fingerprint density at radius 1 is 1.22 bits per heavy atom. The number of aromatic hydroxyl groups is 1. The van der Waals surface area contributed by atoms with E-state index >= 15 is 0 Å². The Hall–Kier alpha value is -1.58. The first-order valence-electron chi connectivity index (χ1n) is 8.56. The van der Waals surface area contributed by atoms with E-state index in [1.54, 1.807) is 6.07 Å². The predicted molar refractivity (Wildman–Crippen MR) is 107 cm³/mol. The Labute approximate surface area is 170 Å². The molecule has 0 aliphatic rings. The highest BCUT2D eigenvalue weighted by Gasteiger charge is 2.15. The molecule has 6 nitrogen and oxygen atoms in total. The summed E-state index contributed by atoms with van der Waals surface area (Å²) in [6.45, 7) is 3.48. The number of hydrogen-bond acceptors (Lipinski definition) is 9. The van der Waals surface area contributed by atoms with Gasteiger partial charge in [-0.3, -0.25) is 4.79 Å². The molecule has 0 amide bonds. The molecule has 0 aliphatic carbocycles. The monoisotopic (exact) mass is 425 g/mol. The molecule has 146 valence electrons. The number of carboxylic acids is 1. The van der Waals surface area contributed by atoms with Crippen LogP contribution in [0.1, 0.15) is 54.6 Å². The molecule has 0 radical (unpaired) electrons. The molecule has 1 heterocycles. The number of phenols is 1. The second kappa shape index (κ2) is 10.7. The van der Waals surface area contributed by atoms with Gasteiger partial charge in [0.25, 0.3) is 0 Å². The summed E-state index contributed by atoms with van der Waals surface area (Å²) in [4.78, 5) is 22.0. The number of benzene rings is 1. The molecule has 0 bridgehead atoms. The summed E-state index contributed by atoms with van der Waals surface area (Å²) in [5, 5.41) is 29.1. The van der Waals surface area contributed by atoms with Crippen LogP contribution < -0.4 is 5.11 Å². The standard InChI is InChI=1S/C18H22N2O4S3/c1-3-5-14-12(7-8-13(11(2)21)16(14)24)10-26-18-20-19-17(27-18)25-9-4-6-15(22)23/h7-8,24H,3-6,9-10H2,1-2H3,(H,22,23)/p-1. The second-order valence-corrected chi connectivity index (χ2v) is 9.39. The fourth-order valence-corrected chi connectivity index (χ4v) is 5.51. The number of rotatable bonds is 11. The Balaban J connectivity index is 1.99. The lowest BCUT2D eigenvalue weighted by Gasteiger charge is -2.12. The third-order valence-corrected chi connectivity index (χ3v) is 7.07. The summed E-state index contributed by atoms with van der Waals surface area (Å²) in [5.74, 6) is 0.197. The fourth-order valence-electron chi connectivity index (χ4n) is 2.46. The summed E-state index contributed by atoms with van der Waals surface area (Å²) in [7, 11) is 0. The number of hydrogen-bond donors (Lipinski definition) is 1. The molecule has 0 saturated carbocycles. The van der Waals surface area contributed by atoms with Crippen LogP contribution in [-0.2, 0) is 17.0 Å². The molecule has 0 aliphatic heterocycles. The van der Waals surface area contributed by atoms with Crippen LogP contribution in [0.15, 0.2) is 20.8 Å². The van der Waals surface area contributed by atoms with E-state index in [0.717, 1.165) is 26.2 Å². The van der Waals surface area contributed by atoms with Crippen molar-refractivity contribution >= 4 is 46.6 Å². The molecule has 9 heteroatoms. The van der Waals surface area contributed by atoms with Gasteiger partial charge in [-0.15, -0.1) is 10.2 Å². The van der Waals surface area contributed by atoms with Crippen LogP contribution in [0, 0.1) is 0 Å². The van der Waals surface area contributed by atoms with Crippen molar-refractivity contribution in [3.63, 3.8) is 0 Å². The van der Waals surface area contributed by atoms with Gasteiger partial charge in [0.15, 0.2) is 14.5 Å². The van der Waals surface area contributed by atoms with E-state index in [-0.39, 0.29) is 18.0 Å². The van der Waals surface area contributed by atoms with Crippen LogP contribution in [0.5, 0.6) is 5.75 Å². The van der Waals surface area contributed by atoms with Crippen molar-refractivity contribution in [1.29, 1.82) is 0 Å². The van der Waals surface area contributed by atoms with Gasteiger partial charge in [0.2, 0.25) is 0 Å². The van der Waals surface area contributed by atoms with Crippen molar-refractivity contribution in [3.05, 3.63) is 28.8 Å². The highest BCUT2D eigenvalue weighted by Crippen LogP contribution is 2.34. The topological polar surface area (TPSA) is 103 Å². The third-order valence-electron chi connectivity index (χ3n) is 3.75. The van der Waals surface area contributed by atoms with Gasteiger partial charge < -0.3 is 15.0 Å². The third kappa shape index (κ3) is 6.51.